The van der Waals surface area contributed by atoms with E-state index in [1.807, 2.05) is 6.08 Å². The Kier molecular flexibility index (Phi) is 2.03. The number of Topliss-reactive ketones (excluding diaryl/α,β-unsaturated/α-hetero) is 1. The van der Waals surface area contributed by atoms with Crippen molar-refractivity contribution < 1.29 is 4.79 Å². The van der Waals surface area contributed by atoms with Gasteiger partial charge in [0.15, 0.2) is 5.78 Å². The van der Waals surface area contributed by atoms with Gasteiger partial charge >= 0.3 is 0 Å². The van der Waals surface area contributed by atoms with Gasteiger partial charge in [-0.15, -0.1) is 0 Å². The van der Waals surface area contributed by atoms with E-state index in [2.05, 4.69) is 26.0 Å². The molecule has 0 aliphatic heterocycles. The molecule has 0 heterocycles. The zero-order valence-corrected chi connectivity index (χ0v) is 8.85. The van der Waals surface area contributed by atoms with E-state index in [9.17, 15) is 4.79 Å². The number of ketones is 1. The Balaban J connectivity index is 2.47. The highest BCUT2D eigenvalue weighted by atomic mass is 16.1. The first kappa shape index (κ1) is 9.20. The van der Waals surface area contributed by atoms with Gasteiger partial charge in [0, 0.05) is 6.42 Å². The minimum absolute atomic E-state index is 0.191. The summed E-state index contributed by atoms with van der Waals surface area (Å²) in [5.41, 5.74) is 6.05. The SMILES string of the molecule is CC(=O)C1=Cc2cc(C)c(C)cc2C1. The van der Waals surface area contributed by atoms with Crippen molar-refractivity contribution >= 4 is 11.9 Å². The second-order valence-electron chi connectivity index (χ2n) is 4.04. The number of aryl methyl sites for hydroxylation is 2. The maximum atomic E-state index is 11.2. The maximum absolute atomic E-state index is 11.2. The highest BCUT2D eigenvalue weighted by Gasteiger charge is 2.16. The molecule has 1 aromatic carbocycles. The number of rotatable bonds is 1. The van der Waals surface area contributed by atoms with E-state index in [0.29, 0.717) is 0 Å². The van der Waals surface area contributed by atoms with E-state index in [-0.39, 0.29) is 5.78 Å². The van der Waals surface area contributed by atoms with Crippen LogP contribution in [0.25, 0.3) is 6.08 Å². The van der Waals surface area contributed by atoms with E-state index < -0.39 is 0 Å². The third kappa shape index (κ3) is 1.39. The summed E-state index contributed by atoms with van der Waals surface area (Å²) in [5.74, 6) is 0.191. The molecule has 1 aromatic rings. The smallest absolute Gasteiger partial charge is 0.156 e. The van der Waals surface area contributed by atoms with Gasteiger partial charge in [0.05, 0.1) is 0 Å². The van der Waals surface area contributed by atoms with Crippen molar-refractivity contribution in [3.8, 4) is 0 Å². The summed E-state index contributed by atoms with van der Waals surface area (Å²) < 4.78 is 0. The lowest BCUT2D eigenvalue weighted by atomic mass is 10.0. The van der Waals surface area contributed by atoms with E-state index in [1.165, 1.54) is 22.3 Å². The van der Waals surface area contributed by atoms with Gasteiger partial charge in [-0.2, -0.15) is 0 Å². The van der Waals surface area contributed by atoms with Crippen molar-refractivity contribution in [1.29, 1.82) is 0 Å². The van der Waals surface area contributed by atoms with Crippen molar-refractivity contribution in [2.24, 2.45) is 0 Å². The van der Waals surface area contributed by atoms with Crippen molar-refractivity contribution in [2.75, 3.05) is 0 Å². The van der Waals surface area contributed by atoms with Gasteiger partial charge < -0.3 is 0 Å². The number of benzene rings is 1. The van der Waals surface area contributed by atoms with Crippen LogP contribution in [0.3, 0.4) is 0 Å². The second-order valence-corrected chi connectivity index (χ2v) is 4.04. The molecule has 2 rings (SSSR count). The Morgan fingerprint density at radius 1 is 1.21 bits per heavy atom. The molecule has 72 valence electrons. The Labute approximate surface area is 84.5 Å². The molecule has 0 bridgehead atoms. The predicted octanol–water partition coefficient (Wildman–Crippen LogP) is 2.83. The molecule has 0 N–H and O–H groups in total. The fourth-order valence-corrected chi connectivity index (χ4v) is 1.86. The van der Waals surface area contributed by atoms with E-state index in [4.69, 9.17) is 0 Å². The monoisotopic (exact) mass is 186 g/mol. The summed E-state index contributed by atoms with van der Waals surface area (Å²) in [6, 6.07) is 4.36. The zero-order chi connectivity index (χ0) is 10.3. The minimum Gasteiger partial charge on any atom is -0.295 e. The zero-order valence-electron chi connectivity index (χ0n) is 8.85. The van der Waals surface area contributed by atoms with Gasteiger partial charge in [-0.05, 0) is 54.7 Å². The third-order valence-corrected chi connectivity index (χ3v) is 2.92. The number of hydrogen-bond acceptors (Lipinski definition) is 1. The lowest BCUT2D eigenvalue weighted by Crippen LogP contribution is -1.95. The van der Waals surface area contributed by atoms with Gasteiger partial charge in [0.2, 0.25) is 0 Å². The third-order valence-electron chi connectivity index (χ3n) is 2.92. The minimum atomic E-state index is 0.191. The molecule has 0 saturated heterocycles. The van der Waals surface area contributed by atoms with Gasteiger partial charge in [0.1, 0.15) is 0 Å². The summed E-state index contributed by atoms with van der Waals surface area (Å²) in [5, 5.41) is 0. The average Bonchev–Trinajstić information content (AvgIpc) is 2.48. The first-order valence-electron chi connectivity index (χ1n) is 4.89. The summed E-state index contributed by atoms with van der Waals surface area (Å²) in [7, 11) is 0. The molecule has 1 aliphatic carbocycles. The fourth-order valence-electron chi connectivity index (χ4n) is 1.86. The first-order chi connectivity index (χ1) is 6.58. The van der Waals surface area contributed by atoms with Crippen LogP contribution in [0.5, 0.6) is 0 Å². The topological polar surface area (TPSA) is 17.1 Å². The molecule has 0 saturated carbocycles. The molecule has 14 heavy (non-hydrogen) atoms. The van der Waals surface area contributed by atoms with Gasteiger partial charge in [0.25, 0.3) is 0 Å². The number of carbonyl (C=O) groups excluding carboxylic acids is 1. The summed E-state index contributed by atoms with van der Waals surface area (Å²) in [6.07, 6.45) is 2.83. The molecule has 1 aliphatic rings. The van der Waals surface area contributed by atoms with E-state index >= 15 is 0 Å². The summed E-state index contributed by atoms with van der Waals surface area (Å²) in [4.78, 5) is 11.2. The number of allylic oxidation sites excluding steroid dienone is 1. The summed E-state index contributed by atoms with van der Waals surface area (Å²) in [6.45, 7) is 5.86. The number of hydrogen-bond donors (Lipinski definition) is 0. The maximum Gasteiger partial charge on any atom is 0.156 e. The molecule has 1 heteroatoms. The normalized spacial score (nSPS) is 13.8. The van der Waals surface area contributed by atoms with Gasteiger partial charge in [-0.25, -0.2) is 0 Å². The Morgan fingerprint density at radius 3 is 2.50 bits per heavy atom. The van der Waals surface area contributed by atoms with Crippen molar-refractivity contribution in [3.05, 3.63) is 40.0 Å². The molecular formula is C13H14O. The highest BCUT2D eigenvalue weighted by Crippen LogP contribution is 2.27. The standard InChI is InChI=1S/C13H14O/c1-8-4-12-6-11(10(3)14)7-13(12)5-9(8)2/h4-6H,7H2,1-3H3. The lowest BCUT2D eigenvalue weighted by Gasteiger charge is -2.04. The predicted molar refractivity (Wildman–Crippen MR) is 58.3 cm³/mol. The molecule has 1 nitrogen and oxygen atoms in total. The van der Waals surface area contributed by atoms with Crippen LogP contribution in [0.4, 0.5) is 0 Å². The van der Waals surface area contributed by atoms with Crippen molar-refractivity contribution in [2.45, 2.75) is 27.2 Å². The molecule has 0 atom stereocenters. The second kappa shape index (κ2) is 3.09. The number of carbonyl (C=O) groups is 1. The molecular weight excluding hydrogens is 172 g/mol. The fraction of sp³-hybridized carbons (Fsp3) is 0.308. The Bertz CT molecular complexity index is 439. The molecule has 0 unspecified atom stereocenters. The average molecular weight is 186 g/mol. The van der Waals surface area contributed by atoms with Crippen molar-refractivity contribution in [1.82, 2.24) is 0 Å². The lowest BCUT2D eigenvalue weighted by molar-refractivity contribution is -0.113. The van der Waals surface area contributed by atoms with Crippen LogP contribution in [0, 0.1) is 13.8 Å². The van der Waals surface area contributed by atoms with E-state index in [0.717, 1.165) is 12.0 Å². The van der Waals surface area contributed by atoms with Crippen molar-refractivity contribution in [3.63, 3.8) is 0 Å². The summed E-state index contributed by atoms with van der Waals surface area (Å²) >= 11 is 0. The van der Waals surface area contributed by atoms with Crippen LogP contribution < -0.4 is 0 Å². The van der Waals surface area contributed by atoms with E-state index in [1.54, 1.807) is 6.92 Å². The Morgan fingerprint density at radius 2 is 1.86 bits per heavy atom. The molecule has 0 fully saturated rings. The van der Waals surface area contributed by atoms with Gasteiger partial charge in [-0.3, -0.25) is 4.79 Å². The molecule has 0 amide bonds. The van der Waals surface area contributed by atoms with Crippen LogP contribution in [0.15, 0.2) is 17.7 Å². The highest BCUT2D eigenvalue weighted by molar-refractivity contribution is 6.00. The van der Waals surface area contributed by atoms with Crippen LogP contribution >= 0.6 is 0 Å². The quantitative estimate of drug-likeness (QED) is 0.659. The van der Waals surface area contributed by atoms with Gasteiger partial charge in [-0.1, -0.05) is 12.1 Å². The molecule has 0 radical (unpaired) electrons. The van der Waals surface area contributed by atoms with Crippen LogP contribution in [0.2, 0.25) is 0 Å². The molecule has 0 aromatic heterocycles. The largest absolute Gasteiger partial charge is 0.295 e. The Hall–Kier alpha value is -1.37. The first-order valence-corrected chi connectivity index (χ1v) is 4.89. The van der Waals surface area contributed by atoms with Crippen LogP contribution in [0.1, 0.15) is 29.2 Å². The van der Waals surface area contributed by atoms with Crippen LogP contribution in [-0.4, -0.2) is 5.78 Å². The molecule has 0 spiro atoms. The number of fused-ring (bicyclic) bond motifs is 1. The van der Waals surface area contributed by atoms with Crippen LogP contribution in [-0.2, 0) is 11.2 Å².